The number of hydrogen-bond acceptors (Lipinski definition) is 8. The molecule has 0 radical (unpaired) electrons. The van der Waals surface area contributed by atoms with Gasteiger partial charge in [-0.3, -0.25) is 20.2 Å². The number of nitro benzene ring substituents is 2. The van der Waals surface area contributed by atoms with E-state index in [4.69, 9.17) is 20.9 Å². The van der Waals surface area contributed by atoms with Crippen LogP contribution in [0.3, 0.4) is 0 Å². The number of guanidine groups is 1. The third kappa shape index (κ3) is 5.14. The van der Waals surface area contributed by atoms with Crippen molar-refractivity contribution in [3.8, 4) is 17.2 Å². The smallest absolute Gasteiger partial charge is 0.318 e. The Bertz CT molecular complexity index is 955. The summed E-state index contributed by atoms with van der Waals surface area (Å²) in [6.45, 7) is 2.05. The van der Waals surface area contributed by atoms with Crippen LogP contribution in [0, 0.1) is 20.2 Å². The first-order valence-electron chi connectivity index (χ1n) is 7.81. The van der Waals surface area contributed by atoms with E-state index in [1.54, 1.807) is 19.1 Å². The molecular formula is C16H16N6O6. The standard InChI is InChI=1S/C16H16N6O6/c1-2-27-15-7-10(9-19-20-16(17)18)3-5-14(15)28-13-6-4-11(21(23)24)8-12(13)22(25)26/h3-9H,2H2,1H3,(H4,17,18,20). The molecule has 0 saturated heterocycles. The van der Waals surface area contributed by atoms with Gasteiger partial charge in [-0.05, 0) is 36.8 Å². The van der Waals surface area contributed by atoms with Crippen molar-refractivity contribution in [2.75, 3.05) is 6.61 Å². The van der Waals surface area contributed by atoms with Crippen LogP contribution in [0.4, 0.5) is 11.4 Å². The third-order valence-corrected chi connectivity index (χ3v) is 3.22. The summed E-state index contributed by atoms with van der Waals surface area (Å²) in [6, 6.07) is 7.76. The number of rotatable bonds is 8. The zero-order valence-electron chi connectivity index (χ0n) is 14.6. The van der Waals surface area contributed by atoms with Crippen molar-refractivity contribution in [2.45, 2.75) is 6.92 Å². The summed E-state index contributed by atoms with van der Waals surface area (Å²) >= 11 is 0. The summed E-state index contributed by atoms with van der Waals surface area (Å²) in [6.07, 6.45) is 1.38. The maximum absolute atomic E-state index is 11.2. The molecule has 12 heteroatoms. The van der Waals surface area contributed by atoms with E-state index in [0.29, 0.717) is 12.2 Å². The minimum Gasteiger partial charge on any atom is -0.490 e. The van der Waals surface area contributed by atoms with Gasteiger partial charge in [0, 0.05) is 6.07 Å². The molecule has 0 aromatic heterocycles. The molecule has 0 unspecified atom stereocenters. The van der Waals surface area contributed by atoms with Crippen LogP contribution in [0.5, 0.6) is 17.2 Å². The lowest BCUT2D eigenvalue weighted by atomic mass is 10.2. The molecule has 0 spiro atoms. The van der Waals surface area contributed by atoms with Gasteiger partial charge >= 0.3 is 5.69 Å². The minimum atomic E-state index is -0.765. The fourth-order valence-electron chi connectivity index (χ4n) is 2.09. The summed E-state index contributed by atoms with van der Waals surface area (Å²) in [4.78, 5) is 20.6. The number of nitrogens with two attached hydrogens (primary N) is 2. The van der Waals surface area contributed by atoms with E-state index in [1.165, 1.54) is 12.3 Å². The molecule has 0 atom stereocenters. The lowest BCUT2D eigenvalue weighted by Gasteiger charge is -2.12. The molecule has 0 amide bonds. The maximum Gasteiger partial charge on any atom is 0.318 e. The second-order valence-corrected chi connectivity index (χ2v) is 5.18. The Morgan fingerprint density at radius 2 is 1.79 bits per heavy atom. The van der Waals surface area contributed by atoms with Gasteiger partial charge in [-0.1, -0.05) is 0 Å². The SMILES string of the molecule is CCOc1cc(C=NN=C(N)N)ccc1Oc1ccc([N+](=O)[O-])cc1[N+](=O)[O-]. The van der Waals surface area contributed by atoms with E-state index in [2.05, 4.69) is 10.2 Å². The Labute approximate surface area is 158 Å². The molecule has 0 aliphatic carbocycles. The van der Waals surface area contributed by atoms with Crippen LogP contribution in [-0.2, 0) is 0 Å². The second-order valence-electron chi connectivity index (χ2n) is 5.18. The van der Waals surface area contributed by atoms with Gasteiger partial charge in [-0.2, -0.15) is 5.10 Å². The van der Waals surface area contributed by atoms with Crippen LogP contribution < -0.4 is 20.9 Å². The predicted molar refractivity (Wildman–Crippen MR) is 101 cm³/mol. The first-order valence-corrected chi connectivity index (χ1v) is 7.81. The van der Waals surface area contributed by atoms with Crippen LogP contribution >= 0.6 is 0 Å². The topological polar surface area (TPSA) is 182 Å². The summed E-state index contributed by atoms with van der Waals surface area (Å²) in [5.41, 5.74) is 9.98. The first kappa shape index (κ1) is 20.1. The van der Waals surface area contributed by atoms with Crippen molar-refractivity contribution in [2.24, 2.45) is 21.7 Å². The van der Waals surface area contributed by atoms with Gasteiger partial charge in [0.1, 0.15) is 0 Å². The van der Waals surface area contributed by atoms with Crippen LogP contribution in [0.15, 0.2) is 46.6 Å². The van der Waals surface area contributed by atoms with Crippen LogP contribution in [0.2, 0.25) is 0 Å². The Hall–Kier alpha value is -4.22. The quantitative estimate of drug-likeness (QED) is 0.299. The molecule has 4 N–H and O–H groups in total. The van der Waals surface area contributed by atoms with Crippen molar-refractivity contribution >= 4 is 23.5 Å². The van der Waals surface area contributed by atoms with Crippen LogP contribution in [-0.4, -0.2) is 28.6 Å². The summed E-state index contributed by atoms with van der Waals surface area (Å²) in [7, 11) is 0. The number of ether oxygens (including phenoxy) is 2. The Morgan fingerprint density at radius 1 is 1.07 bits per heavy atom. The van der Waals surface area contributed by atoms with Gasteiger partial charge in [0.25, 0.3) is 5.69 Å². The molecule has 0 saturated carbocycles. The largest absolute Gasteiger partial charge is 0.490 e. The lowest BCUT2D eigenvalue weighted by Crippen LogP contribution is -2.21. The monoisotopic (exact) mass is 388 g/mol. The highest BCUT2D eigenvalue weighted by atomic mass is 16.6. The fourth-order valence-corrected chi connectivity index (χ4v) is 2.09. The first-order chi connectivity index (χ1) is 13.3. The highest BCUT2D eigenvalue weighted by Gasteiger charge is 2.22. The molecule has 0 aliphatic rings. The van der Waals surface area contributed by atoms with Gasteiger partial charge < -0.3 is 20.9 Å². The lowest BCUT2D eigenvalue weighted by molar-refractivity contribution is -0.394. The van der Waals surface area contributed by atoms with Crippen molar-refractivity contribution < 1.29 is 19.3 Å². The van der Waals surface area contributed by atoms with E-state index < -0.39 is 21.2 Å². The molecule has 0 bridgehead atoms. The molecule has 2 rings (SSSR count). The highest BCUT2D eigenvalue weighted by Crippen LogP contribution is 2.38. The molecule has 28 heavy (non-hydrogen) atoms. The van der Waals surface area contributed by atoms with Gasteiger partial charge in [0.2, 0.25) is 11.7 Å². The second kappa shape index (κ2) is 8.93. The maximum atomic E-state index is 11.2. The Balaban J connectivity index is 2.40. The van der Waals surface area contributed by atoms with Gasteiger partial charge in [0.15, 0.2) is 11.5 Å². The molecule has 2 aromatic carbocycles. The Kier molecular flexibility index (Phi) is 6.41. The van der Waals surface area contributed by atoms with Gasteiger partial charge in [-0.15, -0.1) is 5.10 Å². The highest BCUT2D eigenvalue weighted by molar-refractivity contribution is 5.82. The average Bonchev–Trinajstić information content (AvgIpc) is 2.63. The van der Waals surface area contributed by atoms with Crippen molar-refractivity contribution in [1.82, 2.24) is 0 Å². The van der Waals surface area contributed by atoms with E-state index in [9.17, 15) is 20.2 Å². The third-order valence-electron chi connectivity index (χ3n) is 3.22. The van der Waals surface area contributed by atoms with Crippen LogP contribution in [0.25, 0.3) is 0 Å². The summed E-state index contributed by atoms with van der Waals surface area (Å²) in [5, 5.41) is 29.2. The average molecular weight is 388 g/mol. The molecule has 0 fully saturated rings. The molecule has 0 aliphatic heterocycles. The van der Waals surface area contributed by atoms with E-state index in [-0.39, 0.29) is 23.2 Å². The van der Waals surface area contributed by atoms with Gasteiger partial charge in [0.05, 0.1) is 28.7 Å². The van der Waals surface area contributed by atoms with E-state index >= 15 is 0 Å². The number of hydrogen-bond donors (Lipinski definition) is 2. The van der Waals surface area contributed by atoms with Gasteiger partial charge in [-0.25, -0.2) is 0 Å². The molecule has 146 valence electrons. The zero-order valence-corrected chi connectivity index (χ0v) is 14.6. The molecular weight excluding hydrogens is 372 g/mol. The summed E-state index contributed by atoms with van der Waals surface area (Å²) in [5.74, 6) is 0.0896. The van der Waals surface area contributed by atoms with Crippen LogP contribution in [0.1, 0.15) is 12.5 Å². The van der Waals surface area contributed by atoms with Crippen molar-refractivity contribution in [3.05, 3.63) is 62.2 Å². The molecule has 0 heterocycles. The van der Waals surface area contributed by atoms with Crippen molar-refractivity contribution in [1.29, 1.82) is 0 Å². The van der Waals surface area contributed by atoms with E-state index in [0.717, 1.165) is 18.2 Å². The Morgan fingerprint density at radius 3 is 2.39 bits per heavy atom. The normalized spacial score (nSPS) is 10.5. The van der Waals surface area contributed by atoms with Crippen molar-refractivity contribution in [3.63, 3.8) is 0 Å². The minimum absolute atomic E-state index is 0.168. The predicted octanol–water partition coefficient (Wildman–Crippen LogP) is 2.30. The zero-order chi connectivity index (χ0) is 20.7. The number of benzene rings is 2. The number of nitro groups is 2. The number of non-ortho nitro benzene ring substituents is 1. The molecule has 2 aromatic rings. The fraction of sp³-hybridized carbons (Fsp3) is 0.125. The number of nitrogens with zero attached hydrogens (tertiary/aromatic N) is 4. The molecule has 12 nitrogen and oxygen atoms in total. The van der Waals surface area contributed by atoms with E-state index in [1.807, 2.05) is 0 Å². The summed E-state index contributed by atoms with van der Waals surface area (Å²) < 4.78 is 11.1.